The largest absolute Gasteiger partial charge is 0.491 e. The zero-order chi connectivity index (χ0) is 24.2. The summed E-state index contributed by atoms with van der Waals surface area (Å²) in [6.07, 6.45) is 1.32. The molecule has 2 bridgehead atoms. The lowest BCUT2D eigenvalue weighted by atomic mass is 9.91. The smallest absolute Gasteiger partial charge is 0.321 e. The normalized spacial score (nSPS) is 22.6. The van der Waals surface area contributed by atoms with Crippen molar-refractivity contribution in [1.82, 2.24) is 9.80 Å². The molecule has 1 saturated heterocycles. The van der Waals surface area contributed by atoms with Gasteiger partial charge in [-0.15, -0.1) is 0 Å². The van der Waals surface area contributed by atoms with Gasteiger partial charge in [0.25, 0.3) is 0 Å². The molecule has 9 heteroatoms. The topological polar surface area (TPSA) is 88.8 Å². The monoisotopic (exact) mass is 470 g/mol. The number of halogens is 2. The molecule has 2 aromatic carbocycles. The van der Waals surface area contributed by atoms with Gasteiger partial charge in [0.2, 0.25) is 0 Å². The van der Waals surface area contributed by atoms with Crippen LogP contribution < -0.4 is 10.1 Å². The molecular formula is C25H28F2N4O3. The molecule has 1 saturated carbocycles. The highest BCUT2D eigenvalue weighted by atomic mass is 19.2. The van der Waals surface area contributed by atoms with E-state index in [-0.39, 0.29) is 36.2 Å². The molecule has 7 nitrogen and oxygen atoms in total. The van der Waals surface area contributed by atoms with Crippen LogP contribution in [0.1, 0.15) is 18.4 Å². The zero-order valence-electron chi connectivity index (χ0n) is 19.0. The third-order valence-electron chi connectivity index (χ3n) is 6.69. The fraction of sp³-hybridized carbons (Fsp3) is 0.440. The van der Waals surface area contributed by atoms with E-state index in [9.17, 15) is 18.7 Å². The molecule has 3 unspecified atom stereocenters. The minimum atomic E-state index is -1.00. The van der Waals surface area contributed by atoms with E-state index >= 15 is 0 Å². The number of nitrogens with zero attached hydrogens (tertiary/aromatic N) is 3. The third-order valence-corrected chi connectivity index (χ3v) is 6.69. The minimum absolute atomic E-state index is 0.0496. The van der Waals surface area contributed by atoms with Crippen LogP contribution in [0.15, 0.2) is 42.5 Å². The molecule has 3 atom stereocenters. The summed E-state index contributed by atoms with van der Waals surface area (Å²) in [7, 11) is 1.74. The molecule has 180 valence electrons. The van der Waals surface area contributed by atoms with Gasteiger partial charge < -0.3 is 20.1 Å². The number of aliphatic hydroxyl groups excluding tert-OH is 1. The van der Waals surface area contributed by atoms with E-state index in [0.29, 0.717) is 17.9 Å². The van der Waals surface area contributed by atoms with Gasteiger partial charge >= 0.3 is 6.03 Å². The Kier molecular flexibility index (Phi) is 7.29. The molecule has 34 heavy (non-hydrogen) atoms. The van der Waals surface area contributed by atoms with Gasteiger partial charge in [-0.2, -0.15) is 5.26 Å². The van der Waals surface area contributed by atoms with Crippen LogP contribution in [-0.4, -0.2) is 66.4 Å². The quantitative estimate of drug-likeness (QED) is 0.647. The van der Waals surface area contributed by atoms with E-state index in [2.05, 4.69) is 16.3 Å². The van der Waals surface area contributed by atoms with E-state index in [4.69, 9.17) is 10.00 Å². The van der Waals surface area contributed by atoms with E-state index in [1.807, 2.05) is 0 Å². The van der Waals surface area contributed by atoms with E-state index in [1.54, 1.807) is 36.2 Å². The van der Waals surface area contributed by atoms with Gasteiger partial charge in [0.1, 0.15) is 18.5 Å². The highest BCUT2D eigenvalue weighted by Gasteiger charge is 2.45. The summed E-state index contributed by atoms with van der Waals surface area (Å²) in [6, 6.07) is 11.8. The Bertz CT molecular complexity index is 1050. The lowest BCUT2D eigenvalue weighted by molar-refractivity contribution is 0.0274. The first-order valence-corrected chi connectivity index (χ1v) is 11.4. The maximum Gasteiger partial charge on any atom is 0.321 e. The number of benzene rings is 2. The van der Waals surface area contributed by atoms with Crippen molar-refractivity contribution in [3.63, 3.8) is 0 Å². The van der Waals surface area contributed by atoms with Crippen molar-refractivity contribution in [1.29, 1.82) is 5.26 Å². The number of anilines is 1. The molecule has 2 aromatic rings. The Morgan fingerprint density at radius 3 is 2.50 bits per heavy atom. The Morgan fingerprint density at radius 1 is 1.21 bits per heavy atom. The molecular weight excluding hydrogens is 442 g/mol. The van der Waals surface area contributed by atoms with Gasteiger partial charge in [-0.05, 0) is 61.1 Å². The third kappa shape index (κ3) is 5.46. The van der Waals surface area contributed by atoms with Crippen molar-refractivity contribution < 1.29 is 23.4 Å². The Labute approximate surface area is 197 Å². The number of likely N-dealkylation sites (tertiary alicyclic amines) is 1. The Hall–Kier alpha value is -3.22. The highest BCUT2D eigenvalue weighted by Crippen LogP contribution is 2.40. The van der Waals surface area contributed by atoms with Crippen molar-refractivity contribution in [2.24, 2.45) is 11.8 Å². The predicted octanol–water partition coefficient (Wildman–Crippen LogP) is 3.45. The van der Waals surface area contributed by atoms with Crippen LogP contribution in [0.3, 0.4) is 0 Å². The number of piperidine rings is 1. The maximum absolute atomic E-state index is 13.5. The molecule has 0 spiro atoms. The van der Waals surface area contributed by atoms with Crippen LogP contribution in [0.4, 0.5) is 19.3 Å². The highest BCUT2D eigenvalue weighted by molar-refractivity contribution is 5.89. The van der Waals surface area contributed by atoms with Crippen LogP contribution in [0.5, 0.6) is 5.75 Å². The number of ether oxygens (including phenoxy) is 1. The summed E-state index contributed by atoms with van der Waals surface area (Å²) in [4.78, 5) is 16.6. The van der Waals surface area contributed by atoms with Gasteiger partial charge in [0.15, 0.2) is 11.6 Å². The summed E-state index contributed by atoms with van der Waals surface area (Å²) in [5, 5.41) is 22.0. The number of rotatable bonds is 7. The second kappa shape index (κ2) is 10.4. The number of nitriles is 1. The molecule has 2 N–H and O–H groups in total. The fourth-order valence-electron chi connectivity index (χ4n) is 5.16. The average molecular weight is 471 g/mol. The van der Waals surface area contributed by atoms with Crippen molar-refractivity contribution in [2.45, 2.75) is 25.0 Å². The molecule has 0 radical (unpaired) electrons. The first-order chi connectivity index (χ1) is 16.3. The second-order valence-electron chi connectivity index (χ2n) is 9.08. The van der Waals surface area contributed by atoms with Gasteiger partial charge in [-0.25, -0.2) is 13.6 Å². The van der Waals surface area contributed by atoms with Crippen molar-refractivity contribution >= 4 is 11.7 Å². The van der Waals surface area contributed by atoms with Crippen molar-refractivity contribution in [3.8, 4) is 11.8 Å². The average Bonchev–Trinajstić information content (AvgIpc) is 3.09. The molecule has 2 fully saturated rings. The number of β-amino-alcohol motifs (C(OH)–C–C–N with tert-alkyl or cyclic N) is 1. The number of hydrogen-bond acceptors (Lipinski definition) is 5. The van der Waals surface area contributed by atoms with Crippen LogP contribution in [0.25, 0.3) is 0 Å². The molecule has 0 aromatic heterocycles. The number of hydrogen-bond donors (Lipinski definition) is 2. The van der Waals surface area contributed by atoms with Crippen LogP contribution in [0.2, 0.25) is 0 Å². The fourth-order valence-corrected chi connectivity index (χ4v) is 5.16. The number of aliphatic hydroxyl groups is 1. The van der Waals surface area contributed by atoms with E-state index in [1.165, 1.54) is 6.07 Å². The standard InChI is InChI=1S/C25H28F2N4O3/c1-30(25(33)29-19-6-9-22(26)23(27)10-19)24-17-4-5-18(24)13-31(12-17)14-20(32)15-34-21-7-2-16(11-28)3-8-21/h2-3,6-10,17-18,20,24,32H,4-5,12-15H2,1H3,(H,29,33). The molecule has 2 aliphatic rings. The first kappa shape index (κ1) is 23.9. The zero-order valence-corrected chi connectivity index (χ0v) is 19.0. The number of amides is 2. The van der Waals surface area contributed by atoms with Crippen LogP contribution >= 0.6 is 0 Å². The van der Waals surface area contributed by atoms with Gasteiger partial charge in [0, 0.05) is 44.5 Å². The SMILES string of the molecule is CN(C(=O)Nc1ccc(F)c(F)c1)C1C2CCC1CN(CC(O)COc1ccc(C#N)cc1)C2. The van der Waals surface area contributed by atoms with Gasteiger partial charge in [-0.1, -0.05) is 0 Å². The summed E-state index contributed by atoms with van der Waals surface area (Å²) in [5.74, 6) is -0.820. The Morgan fingerprint density at radius 2 is 1.88 bits per heavy atom. The van der Waals surface area contributed by atoms with E-state index < -0.39 is 17.7 Å². The number of carbonyl (C=O) groups is 1. The number of fused-ring (bicyclic) bond motifs is 2. The molecule has 1 aliphatic heterocycles. The van der Waals surface area contributed by atoms with Crippen LogP contribution in [0, 0.1) is 34.8 Å². The van der Waals surface area contributed by atoms with Gasteiger partial charge in [-0.3, -0.25) is 4.90 Å². The van der Waals surface area contributed by atoms with Crippen LogP contribution in [-0.2, 0) is 0 Å². The summed E-state index contributed by atoms with van der Waals surface area (Å²) in [5.41, 5.74) is 0.764. The first-order valence-electron chi connectivity index (χ1n) is 11.4. The summed E-state index contributed by atoms with van der Waals surface area (Å²) in [6.45, 7) is 2.15. The second-order valence-corrected chi connectivity index (χ2v) is 9.08. The lowest BCUT2D eigenvalue weighted by Crippen LogP contribution is -2.55. The van der Waals surface area contributed by atoms with E-state index in [0.717, 1.165) is 38.1 Å². The van der Waals surface area contributed by atoms with Crippen molar-refractivity contribution in [2.75, 3.05) is 38.6 Å². The molecule has 4 rings (SSSR count). The maximum atomic E-state index is 13.5. The summed E-state index contributed by atoms with van der Waals surface area (Å²) >= 11 is 0. The molecule has 1 heterocycles. The molecule has 1 aliphatic carbocycles. The molecule has 2 amide bonds. The predicted molar refractivity (Wildman–Crippen MR) is 122 cm³/mol. The lowest BCUT2D eigenvalue weighted by Gasteiger charge is -2.42. The number of urea groups is 1. The van der Waals surface area contributed by atoms with Crippen molar-refractivity contribution in [3.05, 3.63) is 59.7 Å². The summed E-state index contributed by atoms with van der Waals surface area (Å²) < 4.78 is 32.3. The Balaban J connectivity index is 1.28. The number of nitrogens with one attached hydrogen (secondary N) is 1. The minimum Gasteiger partial charge on any atom is -0.491 e. The number of carbonyl (C=O) groups excluding carboxylic acids is 1. The van der Waals surface area contributed by atoms with Gasteiger partial charge in [0.05, 0.1) is 11.6 Å².